The fourth-order valence-corrected chi connectivity index (χ4v) is 5.56. The number of hydrogen-bond acceptors (Lipinski definition) is 8. The van der Waals surface area contributed by atoms with Gasteiger partial charge in [-0.05, 0) is 35.9 Å². The number of hydrogen-bond donors (Lipinski definition) is 2. The molecule has 4 aliphatic heterocycles. The van der Waals surface area contributed by atoms with E-state index in [0.717, 1.165) is 0 Å². The number of amides is 6. The van der Waals surface area contributed by atoms with Gasteiger partial charge in [-0.2, -0.15) is 0 Å². The van der Waals surface area contributed by atoms with E-state index in [0.29, 0.717) is 21.6 Å². The minimum absolute atomic E-state index is 0.000447. The predicted molar refractivity (Wildman–Crippen MR) is 130 cm³/mol. The van der Waals surface area contributed by atoms with Crippen LogP contribution < -0.4 is 10.6 Å². The maximum atomic E-state index is 13.3. The van der Waals surface area contributed by atoms with Crippen LogP contribution in [0.15, 0.2) is 41.5 Å². The van der Waals surface area contributed by atoms with Gasteiger partial charge in [0.15, 0.2) is 0 Å². The monoisotopic (exact) mass is 530 g/mol. The zero-order valence-electron chi connectivity index (χ0n) is 20.5. The molecule has 39 heavy (non-hydrogen) atoms. The Hall–Kier alpha value is -4.94. The molecule has 4 heterocycles. The van der Waals surface area contributed by atoms with Gasteiger partial charge < -0.3 is 15.0 Å². The van der Waals surface area contributed by atoms with Gasteiger partial charge in [0.05, 0.1) is 17.7 Å². The van der Waals surface area contributed by atoms with E-state index in [-0.39, 0.29) is 67.5 Å². The Morgan fingerprint density at radius 2 is 1.26 bits per heavy atom. The highest BCUT2D eigenvalue weighted by molar-refractivity contribution is 6.07. The van der Waals surface area contributed by atoms with Gasteiger partial charge in [0.25, 0.3) is 17.5 Å². The lowest BCUT2D eigenvalue weighted by Crippen LogP contribution is -2.52. The molecule has 6 amide bonds. The largest absolute Gasteiger partial charge is 0.594 e. The van der Waals surface area contributed by atoms with Crippen LogP contribution in [0.5, 0.6) is 0 Å². The Balaban J connectivity index is 1.29. The number of carbonyl (C=O) groups excluding carboxylic acids is 6. The summed E-state index contributed by atoms with van der Waals surface area (Å²) in [4.78, 5) is 77.1. The minimum Gasteiger partial charge on any atom is -0.594 e. The maximum absolute atomic E-state index is 13.3. The Morgan fingerprint density at radius 1 is 0.744 bits per heavy atom. The lowest BCUT2D eigenvalue weighted by Gasteiger charge is -2.29. The third-order valence-corrected chi connectivity index (χ3v) is 7.52. The topological polar surface area (TPSA) is 171 Å². The van der Waals surface area contributed by atoms with Crippen molar-refractivity contribution >= 4 is 46.8 Å². The molecule has 0 bridgehead atoms. The average molecular weight is 530 g/mol. The van der Waals surface area contributed by atoms with Crippen LogP contribution in [0.1, 0.15) is 57.5 Å². The fourth-order valence-electron chi connectivity index (χ4n) is 5.56. The van der Waals surface area contributed by atoms with Crippen LogP contribution in [0.2, 0.25) is 0 Å². The molecule has 2 unspecified atom stereocenters. The van der Waals surface area contributed by atoms with Crippen molar-refractivity contribution in [2.75, 3.05) is 0 Å². The molecular formula is C26H22N6O7. The standard InChI is InChI=1S/C26H22N6O7/c33-21-9-7-19(23(35)27-21)30-11-15-13(25(30)37)3-1-5-17(15)29-32(39)18-6-2-4-14-16(18)12-31(26(14)38)20-8-10-22(34)28-24(20)36/h1-6,19-20H,7-12H2,(H,27,33,35)(H,28,34,36). The van der Waals surface area contributed by atoms with Crippen LogP contribution in [0.4, 0.5) is 11.4 Å². The van der Waals surface area contributed by atoms with Crippen molar-refractivity contribution in [3.8, 4) is 0 Å². The van der Waals surface area contributed by atoms with Crippen LogP contribution >= 0.6 is 0 Å². The summed E-state index contributed by atoms with van der Waals surface area (Å²) in [6.45, 7) is 0.0438. The molecule has 0 radical (unpaired) electrons. The lowest BCUT2D eigenvalue weighted by atomic mass is 10.0. The van der Waals surface area contributed by atoms with Crippen molar-refractivity contribution < 1.29 is 33.6 Å². The molecule has 2 atom stereocenters. The highest BCUT2D eigenvalue weighted by Crippen LogP contribution is 2.37. The van der Waals surface area contributed by atoms with Crippen LogP contribution in [0, 0.1) is 5.21 Å². The number of nitrogens with one attached hydrogen (secondary N) is 2. The first kappa shape index (κ1) is 24.4. The molecule has 0 aliphatic carbocycles. The van der Waals surface area contributed by atoms with Crippen LogP contribution in [0.3, 0.4) is 0 Å². The summed E-state index contributed by atoms with van der Waals surface area (Å²) in [6, 6.07) is 7.75. The van der Waals surface area contributed by atoms with Crippen LogP contribution in [-0.2, 0) is 32.3 Å². The number of rotatable bonds is 4. The highest BCUT2D eigenvalue weighted by Gasteiger charge is 2.42. The molecule has 2 fully saturated rings. The highest BCUT2D eigenvalue weighted by atomic mass is 16.5. The second-order valence-electron chi connectivity index (χ2n) is 9.78. The molecule has 0 saturated carbocycles. The zero-order valence-corrected chi connectivity index (χ0v) is 20.5. The van der Waals surface area contributed by atoms with Crippen molar-refractivity contribution in [1.29, 1.82) is 0 Å². The summed E-state index contributed by atoms with van der Waals surface area (Å²) in [5, 5.41) is 22.0. The molecule has 2 saturated heterocycles. The number of imide groups is 2. The first-order valence-electron chi connectivity index (χ1n) is 12.4. The van der Waals surface area contributed by atoms with E-state index in [2.05, 4.69) is 15.7 Å². The molecule has 0 spiro atoms. The summed E-state index contributed by atoms with van der Waals surface area (Å²) in [5.41, 5.74) is 1.80. The number of fused-ring (bicyclic) bond motifs is 2. The third-order valence-electron chi connectivity index (χ3n) is 7.52. The smallest absolute Gasteiger partial charge is 0.255 e. The van der Waals surface area contributed by atoms with Crippen molar-refractivity contribution in [2.45, 2.75) is 50.9 Å². The normalized spacial score (nSPS) is 23.1. The Kier molecular flexibility index (Phi) is 5.70. The average Bonchev–Trinajstić information content (AvgIpc) is 3.41. The van der Waals surface area contributed by atoms with Gasteiger partial charge in [-0.25, -0.2) is 0 Å². The van der Waals surface area contributed by atoms with E-state index in [4.69, 9.17) is 0 Å². The van der Waals surface area contributed by atoms with Crippen molar-refractivity contribution in [1.82, 2.24) is 20.4 Å². The third kappa shape index (κ3) is 4.02. The second kappa shape index (κ2) is 9.11. The Labute approximate surface area is 221 Å². The molecule has 4 aliphatic rings. The zero-order chi connectivity index (χ0) is 27.4. The van der Waals surface area contributed by atoms with E-state index in [1.54, 1.807) is 30.3 Å². The quantitative estimate of drug-likeness (QED) is 0.258. The van der Waals surface area contributed by atoms with Crippen molar-refractivity contribution in [3.05, 3.63) is 63.9 Å². The van der Waals surface area contributed by atoms with Gasteiger partial charge in [-0.1, -0.05) is 12.1 Å². The summed E-state index contributed by atoms with van der Waals surface area (Å²) < 4.78 is 0. The van der Waals surface area contributed by atoms with E-state index in [9.17, 15) is 34.0 Å². The van der Waals surface area contributed by atoms with E-state index in [1.165, 1.54) is 15.9 Å². The lowest BCUT2D eigenvalue weighted by molar-refractivity contribution is -0.436. The Morgan fingerprint density at radius 3 is 1.82 bits per heavy atom. The first-order chi connectivity index (χ1) is 18.7. The van der Waals surface area contributed by atoms with Gasteiger partial charge in [0.1, 0.15) is 17.8 Å². The number of nitrogens with zero attached hydrogens (tertiary/aromatic N) is 4. The van der Waals surface area contributed by atoms with E-state index < -0.39 is 35.7 Å². The summed E-state index contributed by atoms with van der Waals surface area (Å²) in [7, 11) is 0. The number of carbonyl (C=O) groups is 6. The minimum atomic E-state index is -0.825. The molecule has 13 nitrogen and oxygen atoms in total. The summed E-state index contributed by atoms with van der Waals surface area (Å²) in [5.74, 6) is -2.68. The molecule has 6 rings (SSSR count). The van der Waals surface area contributed by atoms with E-state index in [1.807, 2.05) is 0 Å². The van der Waals surface area contributed by atoms with Crippen LogP contribution in [0.25, 0.3) is 0 Å². The molecule has 13 heteroatoms. The van der Waals surface area contributed by atoms with Crippen molar-refractivity contribution in [2.24, 2.45) is 5.11 Å². The van der Waals surface area contributed by atoms with E-state index >= 15 is 0 Å². The van der Waals surface area contributed by atoms with Crippen molar-refractivity contribution in [3.63, 3.8) is 0 Å². The maximum Gasteiger partial charge on any atom is 0.255 e. The molecule has 0 aromatic heterocycles. The van der Waals surface area contributed by atoms with Gasteiger partial charge >= 0.3 is 0 Å². The molecule has 2 N–H and O–H groups in total. The number of azo groups is 1. The summed E-state index contributed by atoms with van der Waals surface area (Å²) in [6.07, 6.45) is 0.632. The Bertz CT molecular complexity index is 1530. The van der Waals surface area contributed by atoms with Crippen LogP contribution in [-0.4, -0.2) is 62.2 Å². The molecule has 198 valence electrons. The van der Waals surface area contributed by atoms with Gasteiger partial charge in [0.2, 0.25) is 23.6 Å². The molecular weight excluding hydrogens is 508 g/mol. The SMILES string of the molecule is O=C1CCC(N2Cc3c(N=[N+]([O-])c4cccc5c4CN(C4CCC(=O)NC4=O)C5=O)cccc3C2=O)C(=O)N1. The van der Waals surface area contributed by atoms with Gasteiger partial charge in [-0.15, -0.1) is 0 Å². The summed E-state index contributed by atoms with van der Waals surface area (Å²) >= 11 is 0. The second-order valence-corrected chi connectivity index (χ2v) is 9.78. The van der Waals surface area contributed by atoms with Gasteiger partial charge in [0, 0.05) is 41.7 Å². The fraction of sp³-hybridized carbons (Fsp3) is 0.308. The predicted octanol–water partition coefficient (Wildman–Crippen LogP) is 1.13. The number of benzene rings is 2. The van der Waals surface area contributed by atoms with Gasteiger partial charge in [-0.3, -0.25) is 39.4 Å². The number of piperidine rings is 2. The first-order valence-corrected chi connectivity index (χ1v) is 12.4. The molecule has 2 aromatic rings. The molecule has 2 aromatic carbocycles.